The Morgan fingerprint density at radius 2 is 1.83 bits per heavy atom. The van der Waals surface area contributed by atoms with Crippen LogP contribution in [0, 0.1) is 11.7 Å². The van der Waals surface area contributed by atoms with E-state index >= 15 is 0 Å². The Labute approximate surface area is 168 Å². The van der Waals surface area contributed by atoms with Gasteiger partial charge in [-0.1, -0.05) is 30.3 Å². The van der Waals surface area contributed by atoms with Gasteiger partial charge in [-0.2, -0.15) is 0 Å². The summed E-state index contributed by atoms with van der Waals surface area (Å²) in [7, 11) is 0. The number of carbonyl (C=O) groups is 2. The molecule has 3 heterocycles. The Hall–Kier alpha value is -2.73. The van der Waals surface area contributed by atoms with Gasteiger partial charge in [-0.25, -0.2) is 4.39 Å². The SMILES string of the molecule is O=C(C1CCOCC1)N1CC[C@]2(C(=O)Nc3ccccc32)[C@@H]1c1ccc(F)cc1. The molecular weight excluding hydrogens is 371 g/mol. The lowest BCUT2D eigenvalue weighted by Gasteiger charge is -2.36. The second kappa shape index (κ2) is 6.95. The highest BCUT2D eigenvalue weighted by molar-refractivity contribution is 6.07. The number of benzene rings is 2. The predicted molar refractivity (Wildman–Crippen MR) is 106 cm³/mol. The number of nitrogens with zero attached hydrogens (tertiary/aromatic N) is 1. The first-order valence-corrected chi connectivity index (χ1v) is 10.2. The molecule has 1 N–H and O–H groups in total. The van der Waals surface area contributed by atoms with Crippen molar-refractivity contribution in [2.24, 2.45) is 5.92 Å². The van der Waals surface area contributed by atoms with Gasteiger partial charge in [-0.05, 0) is 48.6 Å². The number of rotatable bonds is 2. The summed E-state index contributed by atoms with van der Waals surface area (Å²) in [5.74, 6) is -0.451. The molecule has 2 aromatic rings. The summed E-state index contributed by atoms with van der Waals surface area (Å²) in [4.78, 5) is 28.6. The van der Waals surface area contributed by atoms with E-state index in [1.54, 1.807) is 12.1 Å². The first-order valence-electron chi connectivity index (χ1n) is 10.2. The highest BCUT2D eigenvalue weighted by Crippen LogP contribution is 2.55. The minimum absolute atomic E-state index is 0.0664. The fourth-order valence-electron chi connectivity index (χ4n) is 5.21. The van der Waals surface area contributed by atoms with Gasteiger partial charge in [0, 0.05) is 31.4 Å². The highest BCUT2D eigenvalue weighted by Gasteiger charge is 2.59. The zero-order valence-electron chi connectivity index (χ0n) is 16.1. The van der Waals surface area contributed by atoms with Crippen molar-refractivity contribution in [3.8, 4) is 0 Å². The molecule has 150 valence electrons. The van der Waals surface area contributed by atoms with Gasteiger partial charge in [0.1, 0.15) is 11.2 Å². The largest absolute Gasteiger partial charge is 0.381 e. The third-order valence-electron chi connectivity index (χ3n) is 6.63. The van der Waals surface area contributed by atoms with Crippen molar-refractivity contribution in [2.75, 3.05) is 25.1 Å². The summed E-state index contributed by atoms with van der Waals surface area (Å²) in [6, 6.07) is 13.4. The number of anilines is 1. The van der Waals surface area contributed by atoms with Gasteiger partial charge in [0.2, 0.25) is 11.8 Å². The molecule has 2 aromatic carbocycles. The maximum Gasteiger partial charge on any atom is 0.237 e. The van der Waals surface area contributed by atoms with E-state index < -0.39 is 11.5 Å². The maximum absolute atomic E-state index is 13.6. The molecule has 5 nitrogen and oxygen atoms in total. The lowest BCUT2D eigenvalue weighted by atomic mass is 9.72. The molecule has 0 unspecified atom stereocenters. The van der Waals surface area contributed by atoms with Crippen LogP contribution in [0.25, 0.3) is 0 Å². The van der Waals surface area contributed by atoms with Crippen molar-refractivity contribution < 1.29 is 18.7 Å². The first kappa shape index (κ1) is 18.3. The van der Waals surface area contributed by atoms with Crippen LogP contribution in [-0.4, -0.2) is 36.5 Å². The maximum atomic E-state index is 13.6. The summed E-state index contributed by atoms with van der Waals surface area (Å²) in [5, 5.41) is 3.01. The van der Waals surface area contributed by atoms with Gasteiger partial charge < -0.3 is 15.0 Å². The molecule has 29 heavy (non-hydrogen) atoms. The number of para-hydroxylation sites is 1. The van der Waals surface area contributed by atoms with Gasteiger partial charge in [0.15, 0.2) is 0 Å². The summed E-state index contributed by atoms with van der Waals surface area (Å²) in [6.07, 6.45) is 1.94. The van der Waals surface area contributed by atoms with E-state index in [1.807, 2.05) is 29.2 Å². The van der Waals surface area contributed by atoms with Crippen LogP contribution in [0.4, 0.5) is 10.1 Å². The summed E-state index contributed by atoms with van der Waals surface area (Å²) in [6.45, 7) is 1.67. The molecule has 0 aliphatic carbocycles. The van der Waals surface area contributed by atoms with Gasteiger partial charge in [0.25, 0.3) is 0 Å². The number of amides is 2. The average Bonchev–Trinajstić information content (AvgIpc) is 3.28. The van der Waals surface area contributed by atoms with Crippen LogP contribution in [0.2, 0.25) is 0 Å². The monoisotopic (exact) mass is 394 g/mol. The molecule has 2 fully saturated rings. The number of carbonyl (C=O) groups excluding carboxylic acids is 2. The Kier molecular flexibility index (Phi) is 4.39. The van der Waals surface area contributed by atoms with E-state index in [-0.39, 0.29) is 23.5 Å². The highest BCUT2D eigenvalue weighted by atomic mass is 19.1. The molecule has 2 saturated heterocycles. The fraction of sp³-hybridized carbons (Fsp3) is 0.391. The number of halogens is 1. The minimum Gasteiger partial charge on any atom is -0.381 e. The number of ether oxygens (including phenoxy) is 1. The molecule has 5 rings (SSSR count). The minimum atomic E-state index is -0.852. The number of likely N-dealkylation sites (tertiary alicyclic amines) is 1. The topological polar surface area (TPSA) is 58.6 Å². The Balaban J connectivity index is 1.61. The smallest absolute Gasteiger partial charge is 0.237 e. The summed E-state index contributed by atoms with van der Waals surface area (Å²) in [5.41, 5.74) is 1.65. The second-order valence-electron chi connectivity index (χ2n) is 8.09. The lowest BCUT2D eigenvalue weighted by molar-refractivity contribution is -0.140. The van der Waals surface area contributed by atoms with E-state index in [0.717, 1.165) is 16.8 Å². The van der Waals surface area contributed by atoms with Gasteiger partial charge in [0.05, 0.1) is 6.04 Å². The van der Waals surface area contributed by atoms with Crippen molar-refractivity contribution >= 4 is 17.5 Å². The van der Waals surface area contributed by atoms with E-state index in [4.69, 9.17) is 4.74 Å². The van der Waals surface area contributed by atoms with Crippen molar-refractivity contribution in [2.45, 2.75) is 30.7 Å². The molecule has 2 amide bonds. The van der Waals surface area contributed by atoms with Gasteiger partial charge in [-0.15, -0.1) is 0 Å². The molecule has 0 saturated carbocycles. The molecule has 0 bridgehead atoms. The molecule has 0 radical (unpaired) electrons. The van der Waals surface area contributed by atoms with Gasteiger partial charge in [-0.3, -0.25) is 9.59 Å². The molecule has 1 spiro atoms. The van der Waals surface area contributed by atoms with Crippen LogP contribution in [0.1, 0.15) is 36.4 Å². The Morgan fingerprint density at radius 1 is 1.10 bits per heavy atom. The first-order chi connectivity index (χ1) is 14.1. The third kappa shape index (κ3) is 2.77. The van der Waals surface area contributed by atoms with E-state index in [2.05, 4.69) is 5.32 Å². The van der Waals surface area contributed by atoms with Crippen LogP contribution in [0.3, 0.4) is 0 Å². The average molecular weight is 394 g/mol. The van der Waals surface area contributed by atoms with Crippen molar-refractivity contribution in [1.82, 2.24) is 4.90 Å². The number of hydrogen-bond donors (Lipinski definition) is 1. The number of nitrogens with one attached hydrogen (secondary N) is 1. The zero-order valence-corrected chi connectivity index (χ0v) is 16.1. The van der Waals surface area contributed by atoms with Crippen LogP contribution < -0.4 is 5.32 Å². The number of fused-ring (bicyclic) bond motifs is 2. The Morgan fingerprint density at radius 3 is 2.59 bits per heavy atom. The fourth-order valence-corrected chi connectivity index (χ4v) is 5.21. The van der Waals surface area contributed by atoms with Crippen LogP contribution in [-0.2, 0) is 19.7 Å². The zero-order chi connectivity index (χ0) is 20.0. The molecular formula is C23H23FN2O3. The lowest BCUT2D eigenvalue weighted by Crippen LogP contribution is -2.45. The molecule has 6 heteroatoms. The third-order valence-corrected chi connectivity index (χ3v) is 6.63. The van der Waals surface area contributed by atoms with E-state index in [9.17, 15) is 14.0 Å². The summed E-state index contributed by atoms with van der Waals surface area (Å²) >= 11 is 0. The number of hydrogen-bond acceptors (Lipinski definition) is 3. The molecule has 3 aliphatic rings. The van der Waals surface area contributed by atoms with Crippen molar-refractivity contribution in [3.05, 3.63) is 65.5 Å². The molecule has 3 aliphatic heterocycles. The molecule has 0 aromatic heterocycles. The predicted octanol–water partition coefficient (Wildman–Crippen LogP) is 3.42. The van der Waals surface area contributed by atoms with E-state index in [0.29, 0.717) is 39.0 Å². The standard InChI is InChI=1S/C23H23FN2O3/c24-17-7-5-15(6-8-17)20-23(18-3-1-2-4-19(18)25-22(23)28)11-12-26(20)21(27)16-9-13-29-14-10-16/h1-8,16,20H,9-14H2,(H,25,28)/t20-,23+/m0/s1. The van der Waals surface area contributed by atoms with Crippen LogP contribution in [0.15, 0.2) is 48.5 Å². The molecule has 2 atom stereocenters. The second-order valence-corrected chi connectivity index (χ2v) is 8.09. The van der Waals surface area contributed by atoms with Crippen molar-refractivity contribution in [3.63, 3.8) is 0 Å². The Bertz CT molecular complexity index is 955. The van der Waals surface area contributed by atoms with E-state index in [1.165, 1.54) is 12.1 Å². The summed E-state index contributed by atoms with van der Waals surface area (Å²) < 4.78 is 19.0. The van der Waals surface area contributed by atoms with Crippen LogP contribution >= 0.6 is 0 Å². The van der Waals surface area contributed by atoms with Crippen molar-refractivity contribution in [1.29, 1.82) is 0 Å². The normalized spacial score (nSPS) is 26.6. The van der Waals surface area contributed by atoms with Crippen LogP contribution in [0.5, 0.6) is 0 Å². The van der Waals surface area contributed by atoms with Gasteiger partial charge >= 0.3 is 0 Å². The quantitative estimate of drug-likeness (QED) is 0.849.